The lowest BCUT2D eigenvalue weighted by Crippen LogP contribution is -2.46. The number of rotatable bonds is 21. The first-order valence-electron chi connectivity index (χ1n) is 14.9. The van der Waals surface area contributed by atoms with Crippen molar-refractivity contribution >= 4 is 38.4 Å². The smallest absolute Gasteiger partial charge is 0.450 e. The van der Waals surface area contributed by atoms with Gasteiger partial charge in [-0.15, -0.1) is 0 Å². The van der Waals surface area contributed by atoms with Crippen LogP contribution in [-0.4, -0.2) is 66.4 Å². The van der Waals surface area contributed by atoms with E-state index in [4.69, 9.17) is 18.0 Å². The van der Waals surface area contributed by atoms with E-state index in [-0.39, 0.29) is 5.69 Å². The zero-order chi connectivity index (χ0) is 30.6. The van der Waals surface area contributed by atoms with E-state index in [0.717, 1.165) is 49.0 Å². The molecule has 0 aliphatic heterocycles. The van der Waals surface area contributed by atoms with E-state index >= 15 is 0 Å². The minimum absolute atomic E-state index is 0.0883. The predicted molar refractivity (Wildman–Crippen MR) is 170 cm³/mol. The summed E-state index contributed by atoms with van der Waals surface area (Å²) in [6.07, 6.45) is 8.19. The summed E-state index contributed by atoms with van der Waals surface area (Å²) in [5, 5.41) is 13.6. The number of carbonyl (C=O) groups excluding carboxylic acids is 1. The molecule has 42 heavy (non-hydrogen) atoms. The van der Waals surface area contributed by atoms with Crippen molar-refractivity contribution in [1.29, 1.82) is 0 Å². The van der Waals surface area contributed by atoms with Crippen LogP contribution in [0.25, 0.3) is 12.2 Å². The maximum atomic E-state index is 12.0. The Hall–Kier alpha value is -3.25. The molecular weight excluding hydrogens is 554 g/mol. The number of non-ortho nitro benzene ring substituents is 1. The summed E-state index contributed by atoms with van der Waals surface area (Å²) in [7, 11) is -0.596. The van der Waals surface area contributed by atoms with Crippen LogP contribution in [0.4, 0.5) is 16.2 Å². The average molecular weight is 602 g/mol. The summed E-state index contributed by atoms with van der Waals surface area (Å²) in [6, 6.07) is 15.5. The molecule has 10 nitrogen and oxygen atoms in total. The minimum Gasteiger partial charge on any atom is -0.450 e. The van der Waals surface area contributed by atoms with Gasteiger partial charge in [-0.25, -0.2) is 4.79 Å². The quantitative estimate of drug-likeness (QED) is 0.0539. The highest BCUT2D eigenvalue weighted by Gasteiger charge is 2.39. The normalized spacial score (nSPS) is 11.5. The number of benzene rings is 2. The molecule has 1 N–H and O–H groups in total. The fourth-order valence-electron chi connectivity index (χ4n) is 4.39. The van der Waals surface area contributed by atoms with Gasteiger partial charge in [0.25, 0.3) is 5.69 Å². The molecule has 1 amide bonds. The Morgan fingerprint density at radius 1 is 0.857 bits per heavy atom. The molecule has 0 bridgehead atoms. The summed E-state index contributed by atoms with van der Waals surface area (Å²) >= 11 is 0. The van der Waals surface area contributed by atoms with Crippen molar-refractivity contribution in [2.45, 2.75) is 58.9 Å². The van der Waals surface area contributed by atoms with Gasteiger partial charge in [-0.2, -0.15) is 0 Å². The van der Waals surface area contributed by atoms with Gasteiger partial charge in [-0.05, 0) is 81.8 Å². The highest BCUT2D eigenvalue weighted by molar-refractivity contribution is 6.60. The van der Waals surface area contributed by atoms with Crippen molar-refractivity contribution in [3.05, 3.63) is 69.8 Å². The fraction of sp³-hybridized carbons (Fsp3) is 0.516. The molecule has 2 rings (SSSR count). The second-order valence-corrected chi connectivity index (χ2v) is 12.5. The molecule has 232 valence electrons. The maximum Gasteiger partial charge on any atom is 0.500 e. The Kier molecular flexibility index (Phi) is 16.5. The molecule has 0 saturated carbocycles. The molecule has 2 aromatic rings. The van der Waals surface area contributed by atoms with Gasteiger partial charge in [0.05, 0.1) is 11.5 Å². The van der Waals surface area contributed by atoms with Gasteiger partial charge in [-0.1, -0.05) is 30.7 Å². The second-order valence-electron chi connectivity index (χ2n) is 9.76. The van der Waals surface area contributed by atoms with Gasteiger partial charge >= 0.3 is 14.9 Å². The van der Waals surface area contributed by atoms with Gasteiger partial charge < -0.3 is 28.2 Å². The summed E-state index contributed by atoms with van der Waals surface area (Å²) in [5.41, 5.74) is 3.21. The van der Waals surface area contributed by atoms with Crippen molar-refractivity contribution in [1.82, 2.24) is 5.32 Å². The summed E-state index contributed by atoms with van der Waals surface area (Å²) in [4.78, 5) is 24.6. The average Bonchev–Trinajstić information content (AvgIpc) is 2.98. The Morgan fingerprint density at radius 2 is 1.40 bits per heavy atom. The molecule has 0 unspecified atom stereocenters. The third kappa shape index (κ3) is 13.2. The number of nitro groups is 1. The zero-order valence-electron chi connectivity index (χ0n) is 25.5. The number of nitrogens with zero attached hydrogens (tertiary/aromatic N) is 2. The lowest BCUT2D eigenvalue weighted by atomic mass is 10.1. The van der Waals surface area contributed by atoms with Crippen LogP contribution >= 0.6 is 0 Å². The molecular formula is C31H47N3O7Si. The molecule has 0 atom stereocenters. The van der Waals surface area contributed by atoms with E-state index in [1.165, 1.54) is 12.1 Å². The van der Waals surface area contributed by atoms with Crippen molar-refractivity contribution in [3.8, 4) is 0 Å². The van der Waals surface area contributed by atoms with E-state index in [0.29, 0.717) is 45.4 Å². The van der Waals surface area contributed by atoms with E-state index in [2.05, 4.69) is 41.5 Å². The van der Waals surface area contributed by atoms with E-state index in [9.17, 15) is 14.9 Å². The van der Waals surface area contributed by atoms with Crippen LogP contribution in [0.15, 0.2) is 48.5 Å². The zero-order valence-corrected chi connectivity index (χ0v) is 26.5. The van der Waals surface area contributed by atoms with Crippen LogP contribution in [0.3, 0.4) is 0 Å². The number of amides is 1. The fourth-order valence-corrected chi connectivity index (χ4v) is 7.00. The molecule has 11 heteroatoms. The van der Waals surface area contributed by atoms with Crippen LogP contribution in [0.5, 0.6) is 0 Å². The number of unbranched alkanes of at least 4 members (excludes halogenated alkanes) is 3. The molecule has 0 spiro atoms. The lowest BCUT2D eigenvalue weighted by Gasteiger charge is -2.28. The lowest BCUT2D eigenvalue weighted by molar-refractivity contribution is -0.384. The number of alkyl carbamates (subject to hydrolysis) is 1. The number of ether oxygens (including phenoxy) is 1. The summed E-state index contributed by atoms with van der Waals surface area (Å²) in [6.45, 7) is 9.25. The minimum atomic E-state index is -2.68. The van der Waals surface area contributed by atoms with E-state index < -0.39 is 19.8 Å². The van der Waals surface area contributed by atoms with Crippen molar-refractivity contribution in [3.63, 3.8) is 0 Å². The predicted octanol–water partition coefficient (Wildman–Crippen LogP) is 6.93. The van der Waals surface area contributed by atoms with Gasteiger partial charge in [0.2, 0.25) is 0 Å². The highest BCUT2D eigenvalue weighted by atomic mass is 28.4. The highest BCUT2D eigenvalue weighted by Crippen LogP contribution is 2.19. The largest absolute Gasteiger partial charge is 0.500 e. The monoisotopic (exact) mass is 601 g/mol. The number of hydrogen-bond donors (Lipinski definition) is 1. The van der Waals surface area contributed by atoms with Crippen LogP contribution < -0.4 is 10.2 Å². The standard InChI is InChI=1S/C31H47N3O7Si/c1-5-39-42(40-6-2,41-7-3)26-12-23-32-31(35)38-25-11-9-8-10-24-33(4)29-19-15-27(16-20-29)13-14-28-17-21-30(22-18-28)34(36)37/h13-22H,5-12,23-26H2,1-4H3,(H,32,35)/b14-13+. The Labute approximate surface area is 251 Å². The SMILES string of the molecule is CCO[Si](CCCNC(=O)OCCCCCCN(C)c1ccc(/C=C/c2ccc([N+](=O)[O-])cc2)cc1)(OCC)OCC. The van der Waals surface area contributed by atoms with Gasteiger partial charge in [-0.3, -0.25) is 10.1 Å². The van der Waals surface area contributed by atoms with Crippen molar-refractivity contribution in [2.24, 2.45) is 0 Å². The number of nitro benzene ring substituents is 1. The first kappa shape index (κ1) is 34.9. The molecule has 0 aromatic heterocycles. The maximum absolute atomic E-state index is 12.0. The molecule has 0 aliphatic carbocycles. The van der Waals surface area contributed by atoms with Crippen LogP contribution in [0.1, 0.15) is 64.0 Å². The molecule has 2 aromatic carbocycles. The summed E-state index contributed by atoms with van der Waals surface area (Å²) < 4.78 is 22.8. The molecule has 0 fully saturated rings. The van der Waals surface area contributed by atoms with Crippen molar-refractivity contribution < 1.29 is 27.7 Å². The molecule has 0 aliphatic rings. The van der Waals surface area contributed by atoms with Crippen LogP contribution in [0, 0.1) is 10.1 Å². The molecule has 0 heterocycles. The van der Waals surface area contributed by atoms with Gasteiger partial charge in [0.1, 0.15) is 0 Å². The molecule has 0 saturated heterocycles. The number of carbonyl (C=O) groups is 1. The summed E-state index contributed by atoms with van der Waals surface area (Å²) in [5.74, 6) is 0. The molecule has 0 radical (unpaired) electrons. The number of anilines is 1. The Morgan fingerprint density at radius 3 is 1.95 bits per heavy atom. The van der Waals surface area contributed by atoms with Crippen LogP contribution in [-0.2, 0) is 18.0 Å². The number of hydrogen-bond acceptors (Lipinski definition) is 8. The third-order valence-electron chi connectivity index (χ3n) is 6.55. The Balaban J connectivity index is 1.57. The first-order chi connectivity index (χ1) is 20.3. The van der Waals surface area contributed by atoms with Gasteiger partial charge in [0.15, 0.2) is 0 Å². The van der Waals surface area contributed by atoms with Crippen LogP contribution in [0.2, 0.25) is 6.04 Å². The van der Waals surface area contributed by atoms with E-state index in [1.807, 2.05) is 32.9 Å². The van der Waals surface area contributed by atoms with Gasteiger partial charge in [0, 0.05) is 63.8 Å². The Bertz CT molecular complexity index is 1060. The first-order valence-corrected chi connectivity index (χ1v) is 16.8. The van der Waals surface area contributed by atoms with Crippen molar-refractivity contribution in [2.75, 3.05) is 51.5 Å². The second kappa shape index (κ2) is 19.8. The number of nitrogens with one attached hydrogen (secondary N) is 1. The van der Waals surface area contributed by atoms with E-state index in [1.54, 1.807) is 12.1 Å². The topological polar surface area (TPSA) is 112 Å². The third-order valence-corrected chi connectivity index (χ3v) is 9.70.